The van der Waals surface area contributed by atoms with Crippen LogP contribution in [-0.4, -0.2) is 9.13 Å². The maximum atomic E-state index is 11.7. The zero-order chi connectivity index (χ0) is 53.6. The van der Waals surface area contributed by atoms with Gasteiger partial charge in [0.15, 0.2) is 0 Å². The molecular weight excluding hydrogens is 921 g/mol. The molecular formula is C72H66N4. The molecule has 0 N–H and O–H groups in total. The number of benzene rings is 9. The molecule has 374 valence electrons. The maximum absolute atomic E-state index is 11.7. The molecule has 2 heterocycles. The van der Waals surface area contributed by atoms with Crippen LogP contribution in [0.4, 0.5) is 0 Å². The summed E-state index contributed by atoms with van der Waals surface area (Å²) in [5.41, 5.74) is 19.1. The van der Waals surface area contributed by atoms with Crippen LogP contribution in [0.15, 0.2) is 182 Å². The number of fused-ring (bicyclic) bond motifs is 6. The largest absolute Gasteiger partial charge is 0.309 e. The Bertz CT molecular complexity index is 3740. The quantitative estimate of drug-likeness (QED) is 0.167. The van der Waals surface area contributed by atoms with Gasteiger partial charge in [0.1, 0.15) is 12.1 Å². The SMILES string of the molecule is CC(C)(C)c1ccc2c(c1)c1cc(C(C)(C)C)ccc1n2-c1ccc(-c2c(C#N)c(-c3ccccc3)c(-c3ccc(-n4c5ccc(C(C)(C)C)cc5c5cc(C(C)(C)C)ccc54)cc3)c(C#N)c2-c2ccccc2)cc1. The van der Waals surface area contributed by atoms with E-state index in [1.165, 1.54) is 43.8 Å². The third-order valence-electron chi connectivity index (χ3n) is 15.7. The lowest BCUT2D eigenvalue weighted by molar-refractivity contribution is 0.590. The van der Waals surface area contributed by atoms with Crippen molar-refractivity contribution in [2.45, 2.75) is 105 Å². The number of nitriles is 2. The van der Waals surface area contributed by atoms with E-state index in [-0.39, 0.29) is 21.7 Å². The molecule has 4 nitrogen and oxygen atoms in total. The molecule has 9 aromatic carbocycles. The number of rotatable bonds is 6. The predicted molar refractivity (Wildman–Crippen MR) is 321 cm³/mol. The van der Waals surface area contributed by atoms with Crippen molar-refractivity contribution in [2.75, 3.05) is 0 Å². The van der Waals surface area contributed by atoms with Gasteiger partial charge in [0.2, 0.25) is 0 Å². The number of hydrogen-bond donors (Lipinski definition) is 0. The molecule has 0 saturated heterocycles. The third-order valence-corrected chi connectivity index (χ3v) is 15.7. The van der Waals surface area contributed by atoms with Crippen LogP contribution in [0.5, 0.6) is 0 Å². The smallest absolute Gasteiger partial charge is 0.100 e. The Morgan fingerprint density at radius 2 is 0.526 bits per heavy atom. The fraction of sp³-hybridized carbons (Fsp3) is 0.222. The van der Waals surface area contributed by atoms with Crippen molar-refractivity contribution in [2.24, 2.45) is 0 Å². The van der Waals surface area contributed by atoms with Crippen LogP contribution in [0.1, 0.15) is 116 Å². The summed E-state index contributed by atoms with van der Waals surface area (Å²) in [6, 6.07) is 70.6. The van der Waals surface area contributed by atoms with Gasteiger partial charge in [-0.25, -0.2) is 0 Å². The van der Waals surface area contributed by atoms with Gasteiger partial charge in [0.05, 0.1) is 33.2 Å². The van der Waals surface area contributed by atoms with Crippen molar-refractivity contribution in [1.29, 1.82) is 10.5 Å². The standard InChI is InChI=1S/C72H66N4/c1-69(2,3)49-27-35-61-55(39-49)56-40-50(70(4,5)6)28-36-62(56)75(61)53-31-23-47(24-32-53)67-59(43-73)66(46-21-17-14-18-22-46)68(60(44-74)65(67)45-19-15-13-16-20-45)48-25-33-54(34-26-48)76-63-37-29-51(71(7,8)9)41-57(63)58-42-52(72(10,11)12)30-38-64(58)76/h13-42H,1-12H3. The molecule has 0 fully saturated rings. The minimum absolute atomic E-state index is 0.0117. The van der Waals surface area contributed by atoms with Crippen molar-refractivity contribution in [3.05, 3.63) is 215 Å². The molecule has 0 unspecified atom stereocenters. The van der Waals surface area contributed by atoms with E-state index in [0.717, 1.165) is 77.9 Å². The van der Waals surface area contributed by atoms with E-state index in [1.54, 1.807) is 0 Å². The first-order valence-electron chi connectivity index (χ1n) is 26.7. The van der Waals surface area contributed by atoms with Gasteiger partial charge in [-0.3, -0.25) is 0 Å². The second-order valence-electron chi connectivity index (χ2n) is 24.9. The van der Waals surface area contributed by atoms with Crippen LogP contribution >= 0.6 is 0 Å². The molecule has 76 heavy (non-hydrogen) atoms. The molecule has 2 aromatic heterocycles. The van der Waals surface area contributed by atoms with E-state index >= 15 is 0 Å². The van der Waals surface area contributed by atoms with Gasteiger partial charge in [0, 0.05) is 55.2 Å². The van der Waals surface area contributed by atoms with Gasteiger partial charge >= 0.3 is 0 Å². The highest BCUT2D eigenvalue weighted by Gasteiger charge is 2.29. The van der Waals surface area contributed by atoms with E-state index in [1.807, 2.05) is 36.4 Å². The zero-order valence-electron chi connectivity index (χ0n) is 46.1. The van der Waals surface area contributed by atoms with Crippen LogP contribution in [0.2, 0.25) is 0 Å². The normalized spacial score (nSPS) is 12.4. The second-order valence-corrected chi connectivity index (χ2v) is 24.9. The highest BCUT2D eigenvalue weighted by molar-refractivity contribution is 6.11. The Balaban J connectivity index is 1.13. The lowest BCUT2D eigenvalue weighted by Gasteiger charge is -2.23. The lowest BCUT2D eigenvalue weighted by atomic mass is 9.78. The van der Waals surface area contributed by atoms with Crippen molar-refractivity contribution in [1.82, 2.24) is 9.13 Å². The van der Waals surface area contributed by atoms with Gasteiger partial charge in [-0.1, -0.05) is 192 Å². The summed E-state index contributed by atoms with van der Waals surface area (Å²) in [6.07, 6.45) is 0. The van der Waals surface area contributed by atoms with Gasteiger partial charge in [-0.05, 0) is 139 Å². The highest BCUT2D eigenvalue weighted by atomic mass is 15.0. The first-order chi connectivity index (χ1) is 36.1. The van der Waals surface area contributed by atoms with Crippen LogP contribution in [0.25, 0.3) is 99.5 Å². The molecule has 0 spiro atoms. The molecule has 0 aliphatic carbocycles. The first-order valence-corrected chi connectivity index (χ1v) is 26.7. The van der Waals surface area contributed by atoms with Crippen LogP contribution in [-0.2, 0) is 21.7 Å². The minimum Gasteiger partial charge on any atom is -0.309 e. The highest BCUT2D eigenvalue weighted by Crippen LogP contribution is 2.50. The Morgan fingerprint density at radius 3 is 0.750 bits per heavy atom. The van der Waals surface area contributed by atoms with E-state index in [2.05, 4.69) is 250 Å². The fourth-order valence-electron chi connectivity index (χ4n) is 11.4. The summed E-state index contributed by atoms with van der Waals surface area (Å²) in [7, 11) is 0. The van der Waals surface area contributed by atoms with E-state index < -0.39 is 0 Å². The van der Waals surface area contributed by atoms with Gasteiger partial charge in [-0.2, -0.15) is 10.5 Å². The number of aromatic nitrogens is 2. The fourth-order valence-corrected chi connectivity index (χ4v) is 11.4. The summed E-state index contributed by atoms with van der Waals surface area (Å²) < 4.78 is 4.73. The van der Waals surface area contributed by atoms with Crippen LogP contribution in [0.3, 0.4) is 0 Å². The molecule has 0 aliphatic heterocycles. The van der Waals surface area contributed by atoms with Crippen molar-refractivity contribution in [3.8, 4) is 68.0 Å². The minimum atomic E-state index is -0.0117. The van der Waals surface area contributed by atoms with Crippen molar-refractivity contribution >= 4 is 43.6 Å². The summed E-state index contributed by atoms with van der Waals surface area (Å²) in [4.78, 5) is 0. The first kappa shape index (κ1) is 49.8. The Hall–Kier alpha value is -8.44. The molecule has 0 atom stereocenters. The summed E-state index contributed by atoms with van der Waals surface area (Å²) in [5, 5.41) is 28.3. The Morgan fingerprint density at radius 1 is 0.289 bits per heavy atom. The lowest BCUT2D eigenvalue weighted by Crippen LogP contribution is -2.10. The molecule has 11 aromatic rings. The monoisotopic (exact) mass is 987 g/mol. The van der Waals surface area contributed by atoms with Crippen LogP contribution in [0, 0.1) is 22.7 Å². The van der Waals surface area contributed by atoms with Gasteiger partial charge in [-0.15, -0.1) is 0 Å². The maximum Gasteiger partial charge on any atom is 0.100 e. The average molecular weight is 987 g/mol. The third kappa shape index (κ3) is 8.48. The summed E-state index contributed by atoms with van der Waals surface area (Å²) in [6.45, 7) is 27.2. The van der Waals surface area contributed by atoms with Gasteiger partial charge in [0.25, 0.3) is 0 Å². The topological polar surface area (TPSA) is 57.4 Å². The zero-order valence-corrected chi connectivity index (χ0v) is 46.1. The molecule has 0 bridgehead atoms. The van der Waals surface area contributed by atoms with E-state index in [4.69, 9.17) is 0 Å². The predicted octanol–water partition coefficient (Wildman–Crippen LogP) is 19.5. The molecule has 4 heteroatoms. The Kier molecular flexibility index (Phi) is 11.9. The van der Waals surface area contributed by atoms with Crippen molar-refractivity contribution < 1.29 is 0 Å². The van der Waals surface area contributed by atoms with E-state index in [9.17, 15) is 10.5 Å². The molecule has 0 aliphatic rings. The number of hydrogen-bond acceptors (Lipinski definition) is 2. The Labute approximate surface area is 449 Å². The van der Waals surface area contributed by atoms with Gasteiger partial charge < -0.3 is 9.13 Å². The van der Waals surface area contributed by atoms with E-state index in [0.29, 0.717) is 11.1 Å². The molecule has 0 amide bonds. The molecule has 11 rings (SSSR count). The molecule has 0 radical (unpaired) electrons. The second kappa shape index (κ2) is 18.1. The molecule has 0 saturated carbocycles. The average Bonchev–Trinajstić information content (AvgIpc) is 3.95. The number of nitrogens with zero attached hydrogens (tertiary/aromatic N) is 4. The summed E-state index contributed by atoms with van der Waals surface area (Å²) in [5.74, 6) is 0. The van der Waals surface area contributed by atoms with Crippen LogP contribution < -0.4 is 0 Å². The van der Waals surface area contributed by atoms with Crippen molar-refractivity contribution in [3.63, 3.8) is 0 Å². The summed E-state index contributed by atoms with van der Waals surface area (Å²) >= 11 is 0.